The van der Waals surface area contributed by atoms with Gasteiger partial charge in [-0.25, -0.2) is 0 Å². The summed E-state index contributed by atoms with van der Waals surface area (Å²) in [5.41, 5.74) is 0.420. The van der Waals surface area contributed by atoms with Gasteiger partial charge in [0.2, 0.25) is 0 Å². The fourth-order valence-electron chi connectivity index (χ4n) is 2.62. The van der Waals surface area contributed by atoms with Crippen LogP contribution in [0.25, 0.3) is 0 Å². The molecule has 0 aromatic carbocycles. The molecule has 1 atom stereocenters. The van der Waals surface area contributed by atoms with Crippen LogP contribution >= 0.6 is 0 Å². The van der Waals surface area contributed by atoms with Gasteiger partial charge in [0.05, 0.1) is 0 Å². The summed E-state index contributed by atoms with van der Waals surface area (Å²) < 4.78 is 0. The van der Waals surface area contributed by atoms with E-state index >= 15 is 0 Å². The van der Waals surface area contributed by atoms with Crippen molar-refractivity contribution in [1.29, 1.82) is 0 Å². The molecule has 1 fully saturated rings. The Morgan fingerprint density at radius 2 is 2.14 bits per heavy atom. The predicted molar refractivity (Wildman–Crippen MR) is 62.6 cm³/mol. The van der Waals surface area contributed by atoms with Crippen molar-refractivity contribution in [2.45, 2.75) is 45.6 Å². The molecule has 1 saturated heterocycles. The maximum atomic E-state index is 3.68. The second kappa shape index (κ2) is 5.13. The van der Waals surface area contributed by atoms with Gasteiger partial charge >= 0.3 is 0 Å². The van der Waals surface area contributed by atoms with E-state index in [0.717, 1.165) is 5.92 Å². The third kappa shape index (κ3) is 3.25. The molecular formula is C12H26N2. The van der Waals surface area contributed by atoms with Crippen molar-refractivity contribution in [3.8, 4) is 0 Å². The number of rotatable bonds is 5. The Balaban J connectivity index is 2.39. The van der Waals surface area contributed by atoms with Crippen LogP contribution < -0.4 is 5.32 Å². The zero-order chi connectivity index (χ0) is 10.6. The zero-order valence-electron chi connectivity index (χ0n) is 10.3. The summed E-state index contributed by atoms with van der Waals surface area (Å²) in [6, 6.07) is 0. The van der Waals surface area contributed by atoms with E-state index in [1.807, 2.05) is 0 Å². The maximum absolute atomic E-state index is 3.68. The van der Waals surface area contributed by atoms with Gasteiger partial charge in [0.25, 0.3) is 0 Å². The highest BCUT2D eigenvalue weighted by molar-refractivity contribution is 4.93. The molecule has 0 aromatic rings. The van der Waals surface area contributed by atoms with Gasteiger partial charge in [-0.2, -0.15) is 0 Å². The van der Waals surface area contributed by atoms with E-state index in [1.54, 1.807) is 0 Å². The maximum Gasteiger partial charge on any atom is 0.0306 e. The van der Waals surface area contributed by atoms with Crippen molar-refractivity contribution in [3.05, 3.63) is 0 Å². The third-order valence-electron chi connectivity index (χ3n) is 3.26. The summed E-state index contributed by atoms with van der Waals surface area (Å²) in [7, 11) is 2.25. The first-order valence-corrected chi connectivity index (χ1v) is 6.01. The number of hydrogen-bond acceptors (Lipinski definition) is 2. The molecule has 0 saturated carbocycles. The summed E-state index contributed by atoms with van der Waals surface area (Å²) in [4.78, 5) is 2.48. The Hall–Kier alpha value is -0.0800. The quantitative estimate of drug-likeness (QED) is 0.728. The minimum atomic E-state index is 0.420. The van der Waals surface area contributed by atoms with Gasteiger partial charge in [0.15, 0.2) is 0 Å². The Morgan fingerprint density at radius 3 is 2.57 bits per heavy atom. The van der Waals surface area contributed by atoms with Crippen LogP contribution in [0.1, 0.15) is 40.0 Å². The van der Waals surface area contributed by atoms with Gasteiger partial charge < -0.3 is 10.2 Å². The molecule has 1 aliphatic rings. The highest BCUT2D eigenvalue weighted by Crippen LogP contribution is 2.23. The number of hydrogen-bond donors (Lipinski definition) is 1. The summed E-state index contributed by atoms with van der Waals surface area (Å²) in [5.74, 6) is 0.773. The molecule has 1 unspecified atom stereocenters. The molecule has 0 amide bonds. The standard InChI is InChI=1S/C12H26N2/c1-5-12(7-6-8-13-12)10-14(4)9-11(2)3/h11,13H,5-10H2,1-4H3. The van der Waals surface area contributed by atoms with Gasteiger partial charge in [-0.3, -0.25) is 0 Å². The van der Waals surface area contributed by atoms with Gasteiger partial charge in [-0.05, 0) is 38.8 Å². The molecule has 1 aliphatic heterocycles. The zero-order valence-corrected chi connectivity index (χ0v) is 10.3. The summed E-state index contributed by atoms with van der Waals surface area (Å²) in [5, 5.41) is 3.68. The van der Waals surface area contributed by atoms with Crippen LogP contribution in [0.15, 0.2) is 0 Å². The molecule has 1 N–H and O–H groups in total. The van der Waals surface area contributed by atoms with Crippen LogP contribution in [0.2, 0.25) is 0 Å². The van der Waals surface area contributed by atoms with Crippen LogP contribution in [0.4, 0.5) is 0 Å². The molecule has 2 heteroatoms. The highest BCUT2D eigenvalue weighted by atomic mass is 15.2. The summed E-state index contributed by atoms with van der Waals surface area (Å²) in [6.45, 7) is 10.5. The molecule has 0 bridgehead atoms. The van der Waals surface area contributed by atoms with E-state index in [1.165, 1.54) is 38.9 Å². The van der Waals surface area contributed by atoms with Gasteiger partial charge in [-0.15, -0.1) is 0 Å². The average molecular weight is 198 g/mol. The normalized spacial score (nSPS) is 27.9. The molecular weight excluding hydrogens is 172 g/mol. The molecule has 1 rings (SSSR count). The Morgan fingerprint density at radius 1 is 1.43 bits per heavy atom. The molecule has 0 aliphatic carbocycles. The van der Waals surface area contributed by atoms with E-state index in [0.29, 0.717) is 5.54 Å². The second-order valence-electron chi connectivity index (χ2n) is 5.25. The van der Waals surface area contributed by atoms with Gasteiger partial charge in [0.1, 0.15) is 0 Å². The van der Waals surface area contributed by atoms with Gasteiger partial charge in [0, 0.05) is 18.6 Å². The van der Waals surface area contributed by atoms with Crippen LogP contribution in [0.5, 0.6) is 0 Å². The van der Waals surface area contributed by atoms with E-state index in [9.17, 15) is 0 Å². The molecule has 0 radical (unpaired) electrons. The lowest BCUT2D eigenvalue weighted by Gasteiger charge is -2.33. The highest BCUT2D eigenvalue weighted by Gasteiger charge is 2.32. The van der Waals surface area contributed by atoms with E-state index < -0.39 is 0 Å². The molecule has 1 heterocycles. The monoisotopic (exact) mass is 198 g/mol. The fourth-order valence-corrected chi connectivity index (χ4v) is 2.62. The lowest BCUT2D eigenvalue weighted by atomic mass is 9.93. The Bertz CT molecular complexity index is 160. The first-order chi connectivity index (χ1) is 6.58. The minimum absolute atomic E-state index is 0.420. The first kappa shape index (κ1) is 12.0. The van der Waals surface area contributed by atoms with E-state index in [-0.39, 0.29) is 0 Å². The largest absolute Gasteiger partial charge is 0.310 e. The molecule has 0 aromatic heterocycles. The average Bonchev–Trinajstić information content (AvgIpc) is 2.52. The topological polar surface area (TPSA) is 15.3 Å². The van der Waals surface area contributed by atoms with Crippen molar-refractivity contribution in [1.82, 2.24) is 10.2 Å². The molecule has 14 heavy (non-hydrogen) atoms. The summed E-state index contributed by atoms with van der Waals surface area (Å²) >= 11 is 0. The smallest absolute Gasteiger partial charge is 0.0306 e. The predicted octanol–water partition coefficient (Wildman–Crippen LogP) is 2.11. The van der Waals surface area contributed by atoms with Crippen LogP contribution in [0.3, 0.4) is 0 Å². The van der Waals surface area contributed by atoms with E-state index in [4.69, 9.17) is 0 Å². The first-order valence-electron chi connectivity index (χ1n) is 6.01. The Kier molecular flexibility index (Phi) is 4.39. The van der Waals surface area contributed by atoms with Crippen LogP contribution in [-0.4, -0.2) is 37.1 Å². The van der Waals surface area contributed by atoms with Crippen molar-refractivity contribution in [3.63, 3.8) is 0 Å². The minimum Gasteiger partial charge on any atom is -0.310 e. The van der Waals surface area contributed by atoms with Crippen molar-refractivity contribution >= 4 is 0 Å². The van der Waals surface area contributed by atoms with Crippen LogP contribution in [-0.2, 0) is 0 Å². The lowest BCUT2D eigenvalue weighted by molar-refractivity contribution is 0.203. The van der Waals surface area contributed by atoms with Gasteiger partial charge in [-0.1, -0.05) is 20.8 Å². The van der Waals surface area contributed by atoms with Crippen molar-refractivity contribution in [2.75, 3.05) is 26.7 Å². The Labute approximate surface area is 89.1 Å². The second-order valence-corrected chi connectivity index (χ2v) is 5.25. The fraction of sp³-hybridized carbons (Fsp3) is 1.00. The van der Waals surface area contributed by atoms with Crippen molar-refractivity contribution < 1.29 is 0 Å². The SMILES string of the molecule is CCC1(CN(C)CC(C)C)CCCN1. The molecule has 84 valence electrons. The summed E-state index contributed by atoms with van der Waals surface area (Å²) in [6.07, 6.45) is 3.96. The van der Waals surface area contributed by atoms with E-state index in [2.05, 4.69) is 38.0 Å². The number of likely N-dealkylation sites (N-methyl/N-ethyl adjacent to an activating group) is 1. The number of nitrogens with one attached hydrogen (secondary N) is 1. The number of nitrogens with zero attached hydrogens (tertiary/aromatic N) is 1. The lowest BCUT2D eigenvalue weighted by Crippen LogP contribution is -2.49. The van der Waals surface area contributed by atoms with Crippen LogP contribution in [0, 0.1) is 5.92 Å². The third-order valence-corrected chi connectivity index (χ3v) is 3.26. The van der Waals surface area contributed by atoms with Crippen molar-refractivity contribution in [2.24, 2.45) is 5.92 Å². The molecule has 2 nitrogen and oxygen atoms in total. The molecule has 0 spiro atoms.